The van der Waals surface area contributed by atoms with Gasteiger partial charge in [-0.3, -0.25) is 14.2 Å². The molecule has 0 aromatic carbocycles. The zero-order valence-electron chi connectivity index (χ0n) is 41.8. The first-order chi connectivity index (χ1) is 32.0. The lowest BCUT2D eigenvalue weighted by Gasteiger charge is -2.28. The molecule has 0 fully saturated rings. The Kier molecular flexibility index (Phi) is 43.6. The third-order valence-corrected chi connectivity index (χ3v) is 10.6. The Labute approximate surface area is 402 Å². The van der Waals surface area contributed by atoms with E-state index >= 15 is 0 Å². The lowest BCUT2D eigenvalue weighted by Crippen LogP contribution is -2.37. The Morgan fingerprint density at radius 1 is 0.470 bits per heavy atom. The highest BCUT2D eigenvalue weighted by Crippen LogP contribution is 2.38. The Balaban J connectivity index is 4.32. The molecule has 0 heterocycles. The molecule has 10 heteroatoms. The summed E-state index contributed by atoms with van der Waals surface area (Å²) in [6.07, 6.45) is 66.5. The Morgan fingerprint density at radius 2 is 0.848 bits per heavy atom. The van der Waals surface area contributed by atoms with Gasteiger partial charge in [-0.25, -0.2) is 0 Å². The average molecular weight is 936 g/mol. The number of hydrogen-bond acceptors (Lipinski definition) is 8. The summed E-state index contributed by atoms with van der Waals surface area (Å²) in [6, 6.07) is 0. The van der Waals surface area contributed by atoms with Crippen LogP contribution in [0.3, 0.4) is 0 Å². The molecule has 9 nitrogen and oxygen atoms in total. The maximum Gasteiger partial charge on any atom is 0.306 e. The molecule has 0 aliphatic heterocycles. The molecule has 0 amide bonds. The molecular formula is C56H90NO8P. The van der Waals surface area contributed by atoms with Crippen molar-refractivity contribution in [3.8, 4) is 0 Å². The van der Waals surface area contributed by atoms with Crippen LogP contribution in [-0.4, -0.2) is 70.0 Å². The van der Waals surface area contributed by atoms with E-state index < -0.39 is 32.5 Å². The second-order valence-corrected chi connectivity index (χ2v) is 18.5. The van der Waals surface area contributed by atoms with Crippen LogP contribution in [0.5, 0.6) is 0 Å². The molecule has 0 saturated heterocycles. The quantitative estimate of drug-likeness (QED) is 0.0195. The highest BCUT2D eigenvalue weighted by Gasteiger charge is 2.21. The highest BCUT2D eigenvalue weighted by atomic mass is 31.2. The SMILES string of the molecule is CC/C=C\C/C=C\C/C=C\C/C=C\C/C=C\C/C=C\C/C=C\CCCCCCCCCC(=O)OC(COC(=O)CC/C=C\C/C=C\C/C=C\C/C=C\CC)COP(=O)([O-])OCC[N+](C)(C)C. The maximum absolute atomic E-state index is 12.7. The van der Waals surface area contributed by atoms with Gasteiger partial charge in [0.1, 0.15) is 19.8 Å². The lowest BCUT2D eigenvalue weighted by molar-refractivity contribution is -0.870. The van der Waals surface area contributed by atoms with Crippen LogP contribution in [0.1, 0.15) is 155 Å². The first-order valence-electron chi connectivity index (χ1n) is 24.9. The molecule has 0 saturated carbocycles. The number of nitrogens with zero attached hydrogens (tertiary/aromatic N) is 1. The second-order valence-electron chi connectivity index (χ2n) is 17.1. The van der Waals surface area contributed by atoms with Gasteiger partial charge in [0.25, 0.3) is 7.82 Å². The number of hydrogen-bond donors (Lipinski definition) is 0. The number of phosphoric acid groups is 1. The smallest absolute Gasteiger partial charge is 0.306 e. The first kappa shape index (κ1) is 62.1. The summed E-state index contributed by atoms with van der Waals surface area (Å²) in [5.41, 5.74) is 0. The summed E-state index contributed by atoms with van der Waals surface area (Å²) in [6.45, 7) is 3.86. The van der Waals surface area contributed by atoms with Gasteiger partial charge < -0.3 is 27.9 Å². The van der Waals surface area contributed by atoms with Crippen LogP contribution in [0.25, 0.3) is 0 Å². The van der Waals surface area contributed by atoms with E-state index in [1.807, 2.05) is 33.3 Å². The van der Waals surface area contributed by atoms with Crippen molar-refractivity contribution in [2.45, 2.75) is 161 Å². The number of allylic oxidation sites excluding steroid dienone is 22. The van der Waals surface area contributed by atoms with Crippen LogP contribution in [0.4, 0.5) is 0 Å². The molecule has 0 bridgehead atoms. The zero-order chi connectivity index (χ0) is 48.5. The molecule has 0 aliphatic rings. The van der Waals surface area contributed by atoms with Gasteiger partial charge in [0.15, 0.2) is 6.10 Å². The molecule has 0 rings (SSSR count). The van der Waals surface area contributed by atoms with Gasteiger partial charge in [-0.05, 0) is 96.3 Å². The molecule has 0 N–H and O–H groups in total. The predicted octanol–water partition coefficient (Wildman–Crippen LogP) is 14.4. The largest absolute Gasteiger partial charge is 0.756 e. The normalized spacial score (nSPS) is 14.6. The van der Waals surface area contributed by atoms with E-state index in [1.54, 1.807) is 0 Å². The molecule has 2 atom stereocenters. The minimum atomic E-state index is -4.66. The minimum Gasteiger partial charge on any atom is -0.756 e. The maximum atomic E-state index is 12.7. The average Bonchev–Trinajstić information content (AvgIpc) is 3.27. The first-order valence-corrected chi connectivity index (χ1v) is 26.4. The Bertz CT molecular complexity index is 1570. The van der Waals surface area contributed by atoms with Crippen molar-refractivity contribution in [1.29, 1.82) is 0 Å². The van der Waals surface area contributed by atoms with Crippen molar-refractivity contribution in [3.63, 3.8) is 0 Å². The number of carbonyl (C=O) groups excluding carboxylic acids is 2. The van der Waals surface area contributed by atoms with Gasteiger partial charge in [-0.15, -0.1) is 0 Å². The van der Waals surface area contributed by atoms with Crippen LogP contribution in [-0.2, 0) is 32.7 Å². The van der Waals surface area contributed by atoms with Crippen molar-refractivity contribution in [2.75, 3.05) is 47.5 Å². The van der Waals surface area contributed by atoms with E-state index in [9.17, 15) is 19.0 Å². The van der Waals surface area contributed by atoms with E-state index in [4.69, 9.17) is 18.5 Å². The van der Waals surface area contributed by atoms with E-state index in [-0.39, 0.29) is 26.1 Å². The standard InChI is InChI=1S/C56H90NO8P/c1-6-8-10-12-14-16-18-20-21-22-23-24-25-26-27-28-29-30-31-32-33-34-35-37-39-41-43-45-47-49-56(59)65-54(53-64-66(60,61)63-51-50-57(3,4)5)52-62-55(58)48-46-44-42-40-38-36-19-17-15-13-11-9-7-2/h8-11,14-17,20-21,23-24,26-27,29-30,32-33,36,38,42,44,54H,6-7,12-13,18-19,22,25,28,31,34-35,37,39-41,43,45-53H2,1-5H3/b10-8-,11-9-,16-14-,17-15-,21-20-,24-23-,27-26-,30-29-,33-32-,38-36-,44-42-. The summed E-state index contributed by atoms with van der Waals surface area (Å²) < 4.78 is 33.9. The number of quaternary nitrogens is 1. The Hall–Kier alpha value is -3.85. The highest BCUT2D eigenvalue weighted by molar-refractivity contribution is 7.45. The van der Waals surface area contributed by atoms with Gasteiger partial charge in [-0.2, -0.15) is 0 Å². The molecule has 372 valence electrons. The van der Waals surface area contributed by atoms with Gasteiger partial charge in [0.05, 0.1) is 27.7 Å². The predicted molar refractivity (Wildman–Crippen MR) is 277 cm³/mol. The molecule has 2 unspecified atom stereocenters. The Morgan fingerprint density at radius 3 is 1.27 bits per heavy atom. The second kappa shape index (κ2) is 46.3. The van der Waals surface area contributed by atoms with Crippen LogP contribution in [0.2, 0.25) is 0 Å². The van der Waals surface area contributed by atoms with Crippen LogP contribution in [0, 0.1) is 0 Å². The monoisotopic (exact) mass is 936 g/mol. The molecular weight excluding hydrogens is 846 g/mol. The van der Waals surface area contributed by atoms with Crippen molar-refractivity contribution in [1.82, 2.24) is 0 Å². The van der Waals surface area contributed by atoms with E-state index in [0.29, 0.717) is 23.9 Å². The van der Waals surface area contributed by atoms with Crippen molar-refractivity contribution in [2.24, 2.45) is 0 Å². The fourth-order valence-electron chi connectivity index (χ4n) is 5.88. The number of ether oxygens (including phenoxy) is 2. The molecule has 0 spiro atoms. The number of rotatable bonds is 43. The lowest BCUT2D eigenvalue weighted by atomic mass is 10.1. The number of unbranched alkanes of at least 4 members (excludes halogenated alkanes) is 7. The van der Waals surface area contributed by atoms with Crippen molar-refractivity contribution in [3.05, 3.63) is 134 Å². The number of esters is 2. The summed E-state index contributed by atoms with van der Waals surface area (Å²) >= 11 is 0. The van der Waals surface area contributed by atoms with E-state index in [2.05, 4.69) is 135 Å². The van der Waals surface area contributed by atoms with Crippen molar-refractivity contribution < 1.29 is 42.1 Å². The van der Waals surface area contributed by atoms with Crippen LogP contribution >= 0.6 is 7.82 Å². The van der Waals surface area contributed by atoms with Crippen LogP contribution < -0.4 is 4.89 Å². The third kappa shape index (κ3) is 49.6. The third-order valence-electron chi connectivity index (χ3n) is 9.68. The number of carbonyl (C=O) groups is 2. The summed E-state index contributed by atoms with van der Waals surface area (Å²) in [7, 11) is 1.10. The fraction of sp³-hybridized carbons (Fsp3) is 0.571. The minimum absolute atomic E-state index is 0.0518. The van der Waals surface area contributed by atoms with Crippen LogP contribution in [0.15, 0.2) is 134 Å². The summed E-state index contributed by atoms with van der Waals surface area (Å²) in [5, 5.41) is 0. The molecule has 0 aromatic heterocycles. The fourth-order valence-corrected chi connectivity index (χ4v) is 6.61. The van der Waals surface area contributed by atoms with Gasteiger partial charge in [-0.1, -0.05) is 180 Å². The molecule has 66 heavy (non-hydrogen) atoms. The van der Waals surface area contributed by atoms with Gasteiger partial charge >= 0.3 is 11.9 Å². The number of phosphoric ester groups is 1. The van der Waals surface area contributed by atoms with E-state index in [1.165, 1.54) is 12.8 Å². The summed E-state index contributed by atoms with van der Waals surface area (Å²) in [4.78, 5) is 37.6. The van der Waals surface area contributed by atoms with Crippen molar-refractivity contribution >= 4 is 19.8 Å². The van der Waals surface area contributed by atoms with E-state index in [0.717, 1.165) is 103 Å². The molecule has 0 radical (unpaired) electrons. The molecule has 0 aliphatic carbocycles. The molecule has 0 aromatic rings. The number of likely N-dealkylation sites (N-methyl/N-ethyl adjacent to an activating group) is 1. The van der Waals surface area contributed by atoms with Gasteiger partial charge in [0.2, 0.25) is 0 Å². The zero-order valence-corrected chi connectivity index (χ0v) is 42.7. The topological polar surface area (TPSA) is 111 Å². The van der Waals surface area contributed by atoms with Gasteiger partial charge in [0, 0.05) is 12.8 Å². The summed E-state index contributed by atoms with van der Waals surface area (Å²) in [5.74, 6) is -0.957.